The lowest BCUT2D eigenvalue weighted by Crippen LogP contribution is -2.07. The van der Waals surface area contributed by atoms with E-state index in [1.807, 2.05) is 19.2 Å². The number of nitrogens with zero attached hydrogens (tertiary/aromatic N) is 1. The van der Waals surface area contributed by atoms with Crippen molar-refractivity contribution in [2.75, 3.05) is 12.8 Å². The number of rotatable bonds is 2. The smallest absolute Gasteiger partial charge is 0.123 e. The summed E-state index contributed by atoms with van der Waals surface area (Å²) < 4.78 is 0. The monoisotopic (exact) mass is 137 g/mol. The van der Waals surface area contributed by atoms with Gasteiger partial charge in [0.2, 0.25) is 0 Å². The number of pyridine rings is 1. The van der Waals surface area contributed by atoms with Crippen molar-refractivity contribution >= 4 is 5.82 Å². The molecule has 0 saturated carbocycles. The third-order valence-electron chi connectivity index (χ3n) is 1.19. The Labute approximate surface area is 60.3 Å². The van der Waals surface area contributed by atoms with Gasteiger partial charge in [-0.25, -0.2) is 4.98 Å². The molecule has 1 heterocycles. The second-order valence-electron chi connectivity index (χ2n) is 2.08. The molecule has 0 radical (unpaired) electrons. The standard InChI is InChI=1S/C7H11N3/c1-9-5-6-3-2-4-7(8)10-6/h2-4,9H,5H2,1H3,(H2,8,10). The van der Waals surface area contributed by atoms with Crippen LogP contribution in [0.25, 0.3) is 0 Å². The van der Waals surface area contributed by atoms with Gasteiger partial charge in [-0.05, 0) is 19.2 Å². The minimum atomic E-state index is 0.577. The lowest BCUT2D eigenvalue weighted by Gasteiger charge is -1.98. The Morgan fingerprint density at radius 3 is 3.00 bits per heavy atom. The fourth-order valence-electron chi connectivity index (χ4n) is 0.778. The van der Waals surface area contributed by atoms with E-state index in [1.165, 1.54) is 0 Å². The van der Waals surface area contributed by atoms with Crippen LogP contribution in [-0.4, -0.2) is 12.0 Å². The lowest BCUT2D eigenvalue weighted by molar-refractivity contribution is 0.793. The molecular formula is C7H11N3. The largest absolute Gasteiger partial charge is 0.384 e. The number of nitrogen functional groups attached to an aromatic ring is 1. The van der Waals surface area contributed by atoms with E-state index in [0.717, 1.165) is 12.2 Å². The molecule has 3 N–H and O–H groups in total. The summed E-state index contributed by atoms with van der Waals surface area (Å²) in [6, 6.07) is 5.61. The molecule has 0 amide bonds. The minimum absolute atomic E-state index is 0.577. The molecule has 0 saturated heterocycles. The van der Waals surface area contributed by atoms with Gasteiger partial charge >= 0.3 is 0 Å². The molecule has 0 aromatic carbocycles. The van der Waals surface area contributed by atoms with Crippen LogP contribution >= 0.6 is 0 Å². The van der Waals surface area contributed by atoms with Crippen molar-refractivity contribution in [3.8, 4) is 0 Å². The van der Waals surface area contributed by atoms with Crippen LogP contribution in [-0.2, 0) is 6.54 Å². The molecule has 1 aromatic heterocycles. The van der Waals surface area contributed by atoms with Gasteiger partial charge in [0.25, 0.3) is 0 Å². The van der Waals surface area contributed by atoms with Gasteiger partial charge in [0.1, 0.15) is 5.82 Å². The van der Waals surface area contributed by atoms with Gasteiger partial charge in [0, 0.05) is 6.54 Å². The van der Waals surface area contributed by atoms with E-state index >= 15 is 0 Å². The molecule has 0 aliphatic heterocycles. The number of hydrogen-bond acceptors (Lipinski definition) is 3. The molecule has 0 atom stereocenters. The molecule has 1 aromatic rings. The second kappa shape index (κ2) is 3.17. The Bertz CT molecular complexity index is 210. The van der Waals surface area contributed by atoms with Crippen molar-refractivity contribution in [3.63, 3.8) is 0 Å². The summed E-state index contributed by atoms with van der Waals surface area (Å²) in [5.41, 5.74) is 6.42. The SMILES string of the molecule is CNCc1cccc(N)n1. The fraction of sp³-hybridized carbons (Fsp3) is 0.286. The average molecular weight is 137 g/mol. The van der Waals surface area contributed by atoms with Crippen LogP contribution in [0, 0.1) is 0 Å². The maximum absolute atomic E-state index is 5.45. The van der Waals surface area contributed by atoms with E-state index in [2.05, 4.69) is 10.3 Å². The predicted octanol–water partition coefficient (Wildman–Crippen LogP) is 0.383. The number of nitrogens with one attached hydrogen (secondary N) is 1. The summed E-state index contributed by atoms with van der Waals surface area (Å²) in [5.74, 6) is 0.577. The zero-order valence-corrected chi connectivity index (χ0v) is 5.96. The zero-order chi connectivity index (χ0) is 7.40. The van der Waals surface area contributed by atoms with Gasteiger partial charge in [-0.2, -0.15) is 0 Å². The van der Waals surface area contributed by atoms with Crippen LogP contribution in [0.2, 0.25) is 0 Å². The van der Waals surface area contributed by atoms with E-state index in [1.54, 1.807) is 6.07 Å². The van der Waals surface area contributed by atoms with E-state index in [-0.39, 0.29) is 0 Å². The van der Waals surface area contributed by atoms with Crippen LogP contribution in [0.3, 0.4) is 0 Å². The maximum Gasteiger partial charge on any atom is 0.123 e. The topological polar surface area (TPSA) is 50.9 Å². The summed E-state index contributed by atoms with van der Waals surface area (Å²) in [6.07, 6.45) is 0. The Morgan fingerprint density at radius 2 is 2.40 bits per heavy atom. The maximum atomic E-state index is 5.45. The van der Waals surface area contributed by atoms with Gasteiger partial charge in [-0.3, -0.25) is 0 Å². The molecule has 0 bridgehead atoms. The van der Waals surface area contributed by atoms with E-state index in [4.69, 9.17) is 5.73 Å². The summed E-state index contributed by atoms with van der Waals surface area (Å²) in [4.78, 5) is 4.08. The van der Waals surface area contributed by atoms with Crippen LogP contribution in [0.15, 0.2) is 18.2 Å². The first kappa shape index (κ1) is 7.02. The van der Waals surface area contributed by atoms with Gasteiger partial charge < -0.3 is 11.1 Å². The highest BCUT2D eigenvalue weighted by molar-refractivity contribution is 5.28. The quantitative estimate of drug-likeness (QED) is 0.619. The van der Waals surface area contributed by atoms with Gasteiger partial charge in [0.05, 0.1) is 5.69 Å². The van der Waals surface area contributed by atoms with Crippen molar-refractivity contribution in [2.45, 2.75) is 6.54 Å². The molecule has 3 heteroatoms. The summed E-state index contributed by atoms with van der Waals surface area (Å²) in [7, 11) is 1.88. The number of aromatic nitrogens is 1. The highest BCUT2D eigenvalue weighted by Crippen LogP contribution is 1.98. The Balaban J connectivity index is 2.75. The molecule has 0 aliphatic rings. The number of hydrogen-bond donors (Lipinski definition) is 2. The normalized spacial score (nSPS) is 9.70. The first-order chi connectivity index (χ1) is 4.83. The first-order valence-corrected chi connectivity index (χ1v) is 3.19. The van der Waals surface area contributed by atoms with Crippen molar-refractivity contribution in [3.05, 3.63) is 23.9 Å². The van der Waals surface area contributed by atoms with E-state index in [0.29, 0.717) is 5.82 Å². The van der Waals surface area contributed by atoms with Crippen molar-refractivity contribution in [1.29, 1.82) is 0 Å². The van der Waals surface area contributed by atoms with Crippen molar-refractivity contribution in [2.24, 2.45) is 0 Å². The van der Waals surface area contributed by atoms with Gasteiger partial charge in [0.15, 0.2) is 0 Å². The third-order valence-corrected chi connectivity index (χ3v) is 1.19. The molecule has 0 aliphatic carbocycles. The molecule has 0 spiro atoms. The van der Waals surface area contributed by atoms with E-state index < -0.39 is 0 Å². The fourth-order valence-corrected chi connectivity index (χ4v) is 0.778. The predicted molar refractivity (Wildman–Crippen MR) is 41.4 cm³/mol. The number of anilines is 1. The average Bonchev–Trinajstić information content (AvgIpc) is 1.88. The van der Waals surface area contributed by atoms with Crippen LogP contribution in [0.4, 0.5) is 5.82 Å². The summed E-state index contributed by atoms with van der Waals surface area (Å²) in [5, 5.41) is 2.99. The minimum Gasteiger partial charge on any atom is -0.384 e. The number of nitrogens with two attached hydrogens (primary N) is 1. The second-order valence-corrected chi connectivity index (χ2v) is 2.08. The highest BCUT2D eigenvalue weighted by Gasteiger charge is 1.90. The third kappa shape index (κ3) is 1.70. The molecule has 54 valence electrons. The molecule has 1 rings (SSSR count). The molecule has 10 heavy (non-hydrogen) atoms. The summed E-state index contributed by atoms with van der Waals surface area (Å²) >= 11 is 0. The molecule has 3 nitrogen and oxygen atoms in total. The van der Waals surface area contributed by atoms with E-state index in [9.17, 15) is 0 Å². The van der Waals surface area contributed by atoms with Crippen molar-refractivity contribution < 1.29 is 0 Å². The lowest BCUT2D eigenvalue weighted by atomic mass is 10.3. The molecular weight excluding hydrogens is 126 g/mol. The van der Waals surface area contributed by atoms with Crippen molar-refractivity contribution in [1.82, 2.24) is 10.3 Å². The molecule has 0 unspecified atom stereocenters. The zero-order valence-electron chi connectivity index (χ0n) is 5.96. The van der Waals surface area contributed by atoms with Crippen LogP contribution in [0.1, 0.15) is 5.69 Å². The molecule has 0 fully saturated rings. The van der Waals surface area contributed by atoms with Gasteiger partial charge in [-0.15, -0.1) is 0 Å². The van der Waals surface area contributed by atoms with Gasteiger partial charge in [-0.1, -0.05) is 6.07 Å². The van der Waals surface area contributed by atoms with Crippen LogP contribution < -0.4 is 11.1 Å². The Hall–Kier alpha value is -1.09. The Morgan fingerprint density at radius 1 is 1.60 bits per heavy atom. The van der Waals surface area contributed by atoms with Crippen LogP contribution in [0.5, 0.6) is 0 Å². The first-order valence-electron chi connectivity index (χ1n) is 3.19. The highest BCUT2D eigenvalue weighted by atomic mass is 14.9. The Kier molecular flexibility index (Phi) is 2.23. The summed E-state index contributed by atoms with van der Waals surface area (Å²) in [6.45, 7) is 0.769.